The summed E-state index contributed by atoms with van der Waals surface area (Å²) in [6, 6.07) is 3.72. The van der Waals surface area contributed by atoms with Gasteiger partial charge in [-0.05, 0) is 18.2 Å². The third kappa shape index (κ3) is 2.16. The van der Waals surface area contributed by atoms with Crippen LogP contribution in [0.2, 0.25) is 0 Å². The molecular weight excluding hydrogens is 240 g/mol. The molecule has 0 atom stereocenters. The zero-order chi connectivity index (χ0) is 10.8. The molecule has 0 spiro atoms. The summed E-state index contributed by atoms with van der Waals surface area (Å²) >= 11 is 6.95. The highest BCUT2D eigenvalue weighted by molar-refractivity contribution is 7.13. The van der Waals surface area contributed by atoms with Gasteiger partial charge in [-0.2, -0.15) is 0 Å². The van der Waals surface area contributed by atoms with E-state index in [0.717, 1.165) is 17.8 Å². The van der Waals surface area contributed by atoms with Crippen LogP contribution in [0, 0.1) is 11.6 Å². The number of benzene rings is 1. The van der Waals surface area contributed by atoms with Crippen molar-refractivity contribution in [1.82, 2.24) is 4.98 Å². The normalized spacial score (nSPS) is 10.6. The van der Waals surface area contributed by atoms with E-state index in [1.807, 2.05) is 0 Å². The summed E-state index contributed by atoms with van der Waals surface area (Å²) in [5.41, 5.74) is 1.30. The third-order valence-corrected chi connectivity index (χ3v) is 3.07. The summed E-state index contributed by atoms with van der Waals surface area (Å²) in [7, 11) is 0. The lowest BCUT2D eigenvalue weighted by molar-refractivity contribution is 0.509. The van der Waals surface area contributed by atoms with Gasteiger partial charge in [-0.1, -0.05) is 0 Å². The van der Waals surface area contributed by atoms with Gasteiger partial charge in [-0.25, -0.2) is 13.8 Å². The maximum Gasteiger partial charge on any atom is 0.159 e. The van der Waals surface area contributed by atoms with Gasteiger partial charge in [0.2, 0.25) is 0 Å². The van der Waals surface area contributed by atoms with Gasteiger partial charge >= 0.3 is 0 Å². The first kappa shape index (κ1) is 10.5. The highest BCUT2D eigenvalue weighted by atomic mass is 35.5. The van der Waals surface area contributed by atoms with Gasteiger partial charge in [0.05, 0.1) is 11.6 Å². The first-order chi connectivity index (χ1) is 7.20. The van der Waals surface area contributed by atoms with Crippen molar-refractivity contribution >= 4 is 22.9 Å². The Bertz CT molecular complexity index is 484. The van der Waals surface area contributed by atoms with Gasteiger partial charge in [-0.15, -0.1) is 22.9 Å². The van der Waals surface area contributed by atoms with E-state index >= 15 is 0 Å². The zero-order valence-corrected chi connectivity index (χ0v) is 9.08. The molecule has 0 saturated carbocycles. The quantitative estimate of drug-likeness (QED) is 0.733. The lowest BCUT2D eigenvalue weighted by Crippen LogP contribution is -1.85. The molecule has 0 saturated heterocycles. The molecule has 0 N–H and O–H groups in total. The van der Waals surface area contributed by atoms with Gasteiger partial charge < -0.3 is 0 Å². The number of thiazole rings is 1. The van der Waals surface area contributed by atoms with Crippen LogP contribution in [0.3, 0.4) is 0 Å². The van der Waals surface area contributed by atoms with E-state index in [0.29, 0.717) is 16.5 Å². The average molecular weight is 246 g/mol. The van der Waals surface area contributed by atoms with Crippen molar-refractivity contribution < 1.29 is 8.78 Å². The molecular formula is C10H6ClF2NS. The van der Waals surface area contributed by atoms with Crippen molar-refractivity contribution in [3.05, 3.63) is 40.9 Å². The molecule has 0 radical (unpaired) electrons. The number of halogens is 3. The van der Waals surface area contributed by atoms with Crippen LogP contribution in [0.1, 0.15) is 5.69 Å². The molecule has 0 aliphatic heterocycles. The van der Waals surface area contributed by atoms with Crippen LogP contribution in [0.5, 0.6) is 0 Å². The minimum Gasteiger partial charge on any atom is -0.240 e. The topological polar surface area (TPSA) is 12.9 Å². The molecule has 0 bridgehead atoms. The zero-order valence-electron chi connectivity index (χ0n) is 7.51. The van der Waals surface area contributed by atoms with Crippen LogP contribution in [-0.2, 0) is 5.88 Å². The van der Waals surface area contributed by atoms with Crippen molar-refractivity contribution in [2.75, 3.05) is 0 Å². The SMILES string of the molecule is Fc1ccc(-c2nc(CCl)cs2)cc1F. The molecule has 1 aromatic carbocycles. The second kappa shape index (κ2) is 4.24. The average Bonchev–Trinajstić information content (AvgIpc) is 2.70. The maximum atomic E-state index is 12.9. The van der Waals surface area contributed by atoms with Gasteiger partial charge in [0, 0.05) is 10.9 Å². The summed E-state index contributed by atoms with van der Waals surface area (Å²) in [4.78, 5) is 4.17. The Hall–Kier alpha value is -1.00. The number of nitrogens with zero attached hydrogens (tertiary/aromatic N) is 1. The fourth-order valence-electron chi connectivity index (χ4n) is 1.13. The number of aromatic nitrogens is 1. The molecule has 0 unspecified atom stereocenters. The van der Waals surface area contributed by atoms with Crippen LogP contribution in [0.4, 0.5) is 8.78 Å². The molecule has 0 aliphatic carbocycles. The van der Waals surface area contributed by atoms with Crippen molar-refractivity contribution in [3.8, 4) is 10.6 Å². The minimum atomic E-state index is -0.866. The van der Waals surface area contributed by atoms with Crippen LogP contribution in [-0.4, -0.2) is 4.98 Å². The molecule has 78 valence electrons. The summed E-state index contributed by atoms with van der Waals surface area (Å²) < 4.78 is 25.6. The standard InChI is InChI=1S/C10H6ClF2NS/c11-4-7-5-15-10(14-7)6-1-2-8(12)9(13)3-6/h1-3,5H,4H2. The lowest BCUT2D eigenvalue weighted by Gasteiger charge is -1.97. The number of hydrogen-bond acceptors (Lipinski definition) is 2. The Labute approximate surface area is 94.3 Å². The Morgan fingerprint density at radius 1 is 1.27 bits per heavy atom. The van der Waals surface area contributed by atoms with Crippen LogP contribution in [0.15, 0.2) is 23.6 Å². The van der Waals surface area contributed by atoms with Crippen LogP contribution in [0.25, 0.3) is 10.6 Å². The van der Waals surface area contributed by atoms with Crippen molar-refractivity contribution in [3.63, 3.8) is 0 Å². The highest BCUT2D eigenvalue weighted by Crippen LogP contribution is 2.25. The molecule has 2 rings (SSSR count). The maximum absolute atomic E-state index is 12.9. The first-order valence-electron chi connectivity index (χ1n) is 4.16. The lowest BCUT2D eigenvalue weighted by atomic mass is 10.2. The first-order valence-corrected chi connectivity index (χ1v) is 5.58. The summed E-state index contributed by atoms with van der Waals surface area (Å²) in [5.74, 6) is -1.40. The Balaban J connectivity index is 2.40. The fourth-order valence-corrected chi connectivity index (χ4v) is 2.18. The predicted octanol–water partition coefficient (Wildman–Crippen LogP) is 3.83. The van der Waals surface area contributed by atoms with Gasteiger partial charge in [0.1, 0.15) is 5.01 Å². The van der Waals surface area contributed by atoms with E-state index in [1.165, 1.54) is 17.4 Å². The van der Waals surface area contributed by atoms with Crippen LogP contribution < -0.4 is 0 Å². The van der Waals surface area contributed by atoms with E-state index in [4.69, 9.17) is 11.6 Å². The van der Waals surface area contributed by atoms with Crippen molar-refractivity contribution in [1.29, 1.82) is 0 Å². The van der Waals surface area contributed by atoms with Crippen LogP contribution >= 0.6 is 22.9 Å². The summed E-state index contributed by atoms with van der Waals surface area (Å²) in [6.07, 6.45) is 0. The second-order valence-corrected chi connectivity index (χ2v) is 4.03. The monoisotopic (exact) mass is 245 g/mol. The molecule has 2 aromatic rings. The predicted molar refractivity (Wildman–Crippen MR) is 57.0 cm³/mol. The van der Waals surface area contributed by atoms with E-state index in [1.54, 1.807) is 5.38 Å². The van der Waals surface area contributed by atoms with Gasteiger partial charge in [0.25, 0.3) is 0 Å². The van der Waals surface area contributed by atoms with Crippen molar-refractivity contribution in [2.45, 2.75) is 5.88 Å². The largest absolute Gasteiger partial charge is 0.240 e. The molecule has 0 aliphatic rings. The van der Waals surface area contributed by atoms with Gasteiger partial charge in [-0.3, -0.25) is 0 Å². The van der Waals surface area contributed by atoms with E-state index < -0.39 is 11.6 Å². The molecule has 5 heteroatoms. The summed E-state index contributed by atoms with van der Waals surface area (Å²) in [5, 5.41) is 2.44. The molecule has 0 fully saturated rings. The molecule has 15 heavy (non-hydrogen) atoms. The smallest absolute Gasteiger partial charge is 0.159 e. The molecule has 1 heterocycles. The molecule has 0 amide bonds. The minimum absolute atomic E-state index is 0.320. The Kier molecular flexibility index (Phi) is 2.98. The Morgan fingerprint density at radius 2 is 2.07 bits per heavy atom. The third-order valence-electron chi connectivity index (χ3n) is 1.86. The van der Waals surface area contributed by atoms with E-state index in [9.17, 15) is 8.78 Å². The molecule has 1 nitrogen and oxygen atoms in total. The second-order valence-electron chi connectivity index (χ2n) is 2.91. The van der Waals surface area contributed by atoms with E-state index in [2.05, 4.69) is 4.98 Å². The van der Waals surface area contributed by atoms with Crippen molar-refractivity contribution in [2.24, 2.45) is 0 Å². The summed E-state index contributed by atoms with van der Waals surface area (Å²) in [6.45, 7) is 0. The van der Waals surface area contributed by atoms with E-state index in [-0.39, 0.29) is 0 Å². The number of alkyl halides is 1. The number of rotatable bonds is 2. The number of hydrogen-bond donors (Lipinski definition) is 0. The highest BCUT2D eigenvalue weighted by Gasteiger charge is 2.07. The van der Waals surface area contributed by atoms with Gasteiger partial charge in [0.15, 0.2) is 11.6 Å². The molecule has 1 aromatic heterocycles. The fraction of sp³-hybridized carbons (Fsp3) is 0.100. The Morgan fingerprint density at radius 3 is 2.67 bits per heavy atom.